The summed E-state index contributed by atoms with van der Waals surface area (Å²) in [5.41, 5.74) is 13.0. The Morgan fingerprint density at radius 1 is 1.00 bits per heavy atom. The Balaban J connectivity index is 1.83. The number of nitrogens with two attached hydrogens (primary N) is 2. The molecule has 0 saturated heterocycles. The van der Waals surface area contributed by atoms with Crippen molar-refractivity contribution >= 4 is 29.1 Å². The van der Waals surface area contributed by atoms with Crippen LogP contribution in [-0.2, 0) is 25.6 Å². The molecule has 0 bridgehead atoms. The first kappa shape index (κ1) is 31.5. The highest BCUT2D eigenvalue weighted by Crippen LogP contribution is 2.17. The zero-order valence-electron chi connectivity index (χ0n) is 23.6. The Labute approximate surface area is 227 Å². The van der Waals surface area contributed by atoms with E-state index in [9.17, 15) is 9.59 Å². The summed E-state index contributed by atoms with van der Waals surface area (Å²) in [6, 6.07) is -0.648. The van der Waals surface area contributed by atoms with Gasteiger partial charge in [-0.05, 0) is 18.8 Å². The van der Waals surface area contributed by atoms with Gasteiger partial charge in [0.2, 0.25) is 5.95 Å². The molecule has 0 aliphatic carbocycles. The van der Waals surface area contributed by atoms with Crippen molar-refractivity contribution in [3.8, 4) is 0 Å². The van der Waals surface area contributed by atoms with Gasteiger partial charge < -0.3 is 25.5 Å². The third kappa shape index (κ3) is 11.3. The Morgan fingerprint density at radius 2 is 1.68 bits per heavy atom. The molecule has 2 rings (SSSR count). The van der Waals surface area contributed by atoms with Crippen LogP contribution in [0.2, 0.25) is 0 Å². The van der Waals surface area contributed by atoms with Crippen LogP contribution in [0, 0.1) is 11.8 Å². The smallest absolute Gasteiger partial charge is 0.323 e. The summed E-state index contributed by atoms with van der Waals surface area (Å²) >= 11 is 0. The number of aromatic nitrogens is 4. The standard InChI is InChI=1S/C28H48N6O4/c1-4-6-7-8-9-10-11-12-13-14-24(35)38-19-22(15-16-37-27(36)25(29)21(3)5-2)18-34-20-32-23-17-31-28(30)33-26(23)34/h17,20-22,25H,4-16,18-19,29H2,1-3H3,(H2,30,31,33)/t21-,22?,25-/m0/s1. The molecule has 3 atom stereocenters. The van der Waals surface area contributed by atoms with Gasteiger partial charge in [0, 0.05) is 18.9 Å². The summed E-state index contributed by atoms with van der Waals surface area (Å²) in [5, 5.41) is 0. The number of nitrogen functional groups attached to an aromatic ring is 1. The maximum Gasteiger partial charge on any atom is 0.323 e. The number of rotatable bonds is 20. The van der Waals surface area contributed by atoms with Gasteiger partial charge in [0.15, 0.2) is 5.65 Å². The second kappa shape index (κ2) is 17.7. The minimum atomic E-state index is -0.648. The molecule has 0 spiro atoms. The zero-order valence-corrected chi connectivity index (χ0v) is 23.6. The van der Waals surface area contributed by atoms with E-state index >= 15 is 0 Å². The number of ether oxygens (including phenoxy) is 2. The molecule has 4 N–H and O–H groups in total. The second-order valence-corrected chi connectivity index (χ2v) is 10.3. The monoisotopic (exact) mass is 532 g/mol. The highest BCUT2D eigenvalue weighted by atomic mass is 16.5. The molecular formula is C28H48N6O4. The van der Waals surface area contributed by atoms with E-state index in [1.807, 2.05) is 18.4 Å². The summed E-state index contributed by atoms with van der Waals surface area (Å²) in [6.07, 6.45) is 15.7. The average molecular weight is 533 g/mol. The van der Waals surface area contributed by atoms with E-state index in [1.165, 1.54) is 38.5 Å². The Morgan fingerprint density at radius 3 is 2.37 bits per heavy atom. The van der Waals surface area contributed by atoms with Gasteiger partial charge in [0.05, 0.1) is 25.7 Å². The van der Waals surface area contributed by atoms with Crippen LogP contribution in [0.25, 0.3) is 11.2 Å². The van der Waals surface area contributed by atoms with Crippen molar-refractivity contribution in [1.82, 2.24) is 19.5 Å². The number of anilines is 1. The fourth-order valence-corrected chi connectivity index (χ4v) is 4.28. The summed E-state index contributed by atoms with van der Waals surface area (Å²) in [4.78, 5) is 37.3. The SMILES string of the molecule is CCCCCCCCCCCC(=O)OCC(CCOC(=O)[C@@H](N)[C@@H](C)CC)Cn1cnc2cnc(N)nc21. The van der Waals surface area contributed by atoms with Crippen molar-refractivity contribution in [1.29, 1.82) is 0 Å². The van der Waals surface area contributed by atoms with Crippen LogP contribution in [-0.4, -0.2) is 50.7 Å². The van der Waals surface area contributed by atoms with Crippen LogP contribution >= 0.6 is 0 Å². The van der Waals surface area contributed by atoms with Crippen LogP contribution in [0.15, 0.2) is 12.5 Å². The molecule has 2 aromatic heterocycles. The molecule has 0 fully saturated rings. The van der Waals surface area contributed by atoms with Crippen molar-refractivity contribution in [3.05, 3.63) is 12.5 Å². The van der Waals surface area contributed by atoms with Crippen LogP contribution in [0.5, 0.6) is 0 Å². The number of carbonyl (C=O) groups is 2. The minimum Gasteiger partial charge on any atom is -0.465 e. The predicted molar refractivity (Wildman–Crippen MR) is 149 cm³/mol. The summed E-state index contributed by atoms with van der Waals surface area (Å²) in [7, 11) is 0. The van der Waals surface area contributed by atoms with Crippen molar-refractivity contribution in [2.75, 3.05) is 18.9 Å². The number of carbonyl (C=O) groups excluding carboxylic acids is 2. The van der Waals surface area contributed by atoms with Crippen molar-refractivity contribution in [2.45, 2.75) is 110 Å². The predicted octanol–water partition coefficient (Wildman–Crippen LogP) is 4.80. The van der Waals surface area contributed by atoms with Crippen LogP contribution in [0.4, 0.5) is 5.95 Å². The van der Waals surface area contributed by atoms with Gasteiger partial charge in [0.1, 0.15) is 11.6 Å². The zero-order chi connectivity index (χ0) is 27.8. The number of fused-ring (bicyclic) bond motifs is 1. The van der Waals surface area contributed by atoms with E-state index in [-0.39, 0.29) is 37.0 Å². The third-order valence-electron chi connectivity index (χ3n) is 7.10. The van der Waals surface area contributed by atoms with Crippen LogP contribution in [0.1, 0.15) is 97.8 Å². The van der Waals surface area contributed by atoms with E-state index in [2.05, 4.69) is 21.9 Å². The molecule has 10 nitrogen and oxygen atoms in total. The molecule has 0 aromatic carbocycles. The lowest BCUT2D eigenvalue weighted by molar-refractivity contribution is -0.149. The lowest BCUT2D eigenvalue weighted by atomic mass is 10.0. The van der Waals surface area contributed by atoms with Gasteiger partial charge in [0.25, 0.3) is 0 Å². The molecule has 38 heavy (non-hydrogen) atoms. The van der Waals surface area contributed by atoms with Crippen molar-refractivity contribution in [2.24, 2.45) is 17.6 Å². The molecule has 214 valence electrons. The molecule has 1 unspecified atom stereocenters. The topological polar surface area (TPSA) is 148 Å². The Hall–Kier alpha value is -2.75. The van der Waals surface area contributed by atoms with E-state index in [0.717, 1.165) is 25.7 Å². The first-order chi connectivity index (χ1) is 18.3. The van der Waals surface area contributed by atoms with E-state index in [4.69, 9.17) is 20.9 Å². The number of esters is 2. The second-order valence-electron chi connectivity index (χ2n) is 10.3. The molecule has 0 radical (unpaired) electrons. The number of nitrogens with zero attached hydrogens (tertiary/aromatic N) is 4. The van der Waals surface area contributed by atoms with Crippen molar-refractivity contribution < 1.29 is 19.1 Å². The average Bonchev–Trinajstić information content (AvgIpc) is 3.31. The van der Waals surface area contributed by atoms with Crippen LogP contribution in [0.3, 0.4) is 0 Å². The number of hydrogen-bond acceptors (Lipinski definition) is 9. The maximum absolute atomic E-state index is 12.4. The fourth-order valence-electron chi connectivity index (χ4n) is 4.28. The fraction of sp³-hybridized carbons (Fsp3) is 0.750. The highest BCUT2D eigenvalue weighted by Gasteiger charge is 2.22. The van der Waals surface area contributed by atoms with E-state index in [1.54, 1.807) is 12.5 Å². The molecule has 10 heteroatoms. The molecule has 2 heterocycles. The number of imidazole rings is 1. The number of unbranched alkanes of at least 4 members (excludes halogenated alkanes) is 8. The van der Waals surface area contributed by atoms with Gasteiger partial charge in [-0.15, -0.1) is 0 Å². The van der Waals surface area contributed by atoms with Gasteiger partial charge in [-0.3, -0.25) is 9.59 Å². The molecular weight excluding hydrogens is 484 g/mol. The van der Waals surface area contributed by atoms with Gasteiger partial charge >= 0.3 is 11.9 Å². The van der Waals surface area contributed by atoms with Gasteiger partial charge in [-0.1, -0.05) is 78.6 Å². The van der Waals surface area contributed by atoms with Crippen molar-refractivity contribution in [3.63, 3.8) is 0 Å². The largest absolute Gasteiger partial charge is 0.465 e. The lowest BCUT2D eigenvalue weighted by Crippen LogP contribution is -2.38. The minimum absolute atomic E-state index is 0.0442. The third-order valence-corrected chi connectivity index (χ3v) is 7.10. The van der Waals surface area contributed by atoms with E-state index in [0.29, 0.717) is 30.6 Å². The Bertz CT molecular complexity index is 966. The quantitative estimate of drug-likeness (QED) is 0.181. The lowest BCUT2D eigenvalue weighted by Gasteiger charge is -2.20. The summed E-state index contributed by atoms with van der Waals surface area (Å²) in [6.45, 7) is 7.03. The molecule has 0 saturated carbocycles. The normalized spacial score (nSPS) is 13.8. The molecule has 0 aliphatic rings. The summed E-state index contributed by atoms with van der Waals surface area (Å²) in [5.74, 6) is -0.507. The highest BCUT2D eigenvalue weighted by molar-refractivity contribution is 5.75. The Kier molecular flexibility index (Phi) is 14.7. The molecule has 0 aliphatic heterocycles. The van der Waals surface area contributed by atoms with Crippen LogP contribution < -0.4 is 11.5 Å². The van der Waals surface area contributed by atoms with E-state index < -0.39 is 12.0 Å². The molecule has 0 amide bonds. The maximum atomic E-state index is 12.4. The molecule has 2 aromatic rings. The number of hydrogen-bond donors (Lipinski definition) is 2. The summed E-state index contributed by atoms with van der Waals surface area (Å²) < 4.78 is 12.9. The van der Waals surface area contributed by atoms with Gasteiger partial charge in [-0.2, -0.15) is 4.98 Å². The van der Waals surface area contributed by atoms with Gasteiger partial charge in [-0.25, -0.2) is 9.97 Å². The first-order valence-corrected chi connectivity index (χ1v) is 14.4. The first-order valence-electron chi connectivity index (χ1n) is 14.4.